The molecule has 0 aliphatic carbocycles. The number of H-pyrrole nitrogens is 1. The van der Waals surface area contributed by atoms with E-state index in [1.54, 1.807) is 0 Å². The molecule has 0 bridgehead atoms. The molecule has 2 aromatic carbocycles. The van der Waals surface area contributed by atoms with E-state index in [0.717, 1.165) is 24.4 Å². The van der Waals surface area contributed by atoms with Crippen molar-refractivity contribution in [2.75, 3.05) is 6.54 Å². The van der Waals surface area contributed by atoms with Crippen LogP contribution < -0.4 is 5.32 Å². The lowest BCUT2D eigenvalue weighted by atomic mass is 9.89. The molecule has 0 amide bonds. The Labute approximate surface area is 141 Å². The average Bonchev–Trinajstić information content (AvgIpc) is 2.95. The van der Waals surface area contributed by atoms with Gasteiger partial charge in [0.2, 0.25) is 0 Å². The van der Waals surface area contributed by atoms with Gasteiger partial charge in [0.15, 0.2) is 0 Å². The first-order valence-corrected chi connectivity index (χ1v) is 8.68. The van der Waals surface area contributed by atoms with E-state index in [0.29, 0.717) is 12.0 Å². The molecule has 3 aromatic rings. The van der Waals surface area contributed by atoms with Gasteiger partial charge in [-0.25, -0.2) is 0 Å². The number of hydrogen-bond donors (Lipinski definition) is 2. The van der Waals surface area contributed by atoms with Crippen LogP contribution in [0.4, 0.5) is 0 Å². The Morgan fingerprint density at radius 2 is 2.00 bits per heavy atom. The highest BCUT2D eigenvalue weighted by molar-refractivity contribution is 6.31. The van der Waals surface area contributed by atoms with Gasteiger partial charge in [0.05, 0.1) is 0 Å². The second-order valence-electron chi connectivity index (χ2n) is 6.51. The van der Waals surface area contributed by atoms with Gasteiger partial charge in [-0.05, 0) is 54.6 Å². The summed E-state index contributed by atoms with van der Waals surface area (Å²) in [5.41, 5.74) is 5.38. The lowest BCUT2D eigenvalue weighted by molar-refractivity contribution is 0.440. The van der Waals surface area contributed by atoms with Crippen molar-refractivity contribution in [3.63, 3.8) is 0 Å². The van der Waals surface area contributed by atoms with Gasteiger partial charge in [0.1, 0.15) is 0 Å². The van der Waals surface area contributed by atoms with Crippen LogP contribution in [0.1, 0.15) is 42.1 Å². The topological polar surface area (TPSA) is 27.8 Å². The molecule has 2 atom stereocenters. The molecule has 0 saturated carbocycles. The smallest absolute Gasteiger partial charge is 0.0481 e. The molecule has 0 radical (unpaired) electrons. The van der Waals surface area contributed by atoms with Crippen molar-refractivity contribution in [3.05, 3.63) is 70.4 Å². The largest absolute Gasteiger partial charge is 0.357 e. The standard InChI is InChI=1S/C20H21ClN2/c1-13(14-5-3-2-4-6-14)11-19-20-16(9-10-22-19)17-12-15(21)7-8-18(17)23-20/h2-8,12-13,19,22-23H,9-11H2,1H3. The van der Waals surface area contributed by atoms with Gasteiger partial charge in [-0.2, -0.15) is 0 Å². The first-order valence-electron chi connectivity index (χ1n) is 8.30. The average molecular weight is 325 g/mol. The summed E-state index contributed by atoms with van der Waals surface area (Å²) in [5, 5.41) is 5.78. The van der Waals surface area contributed by atoms with Gasteiger partial charge >= 0.3 is 0 Å². The fourth-order valence-electron chi connectivity index (χ4n) is 3.75. The summed E-state index contributed by atoms with van der Waals surface area (Å²) in [4.78, 5) is 3.63. The van der Waals surface area contributed by atoms with E-state index in [1.165, 1.54) is 27.7 Å². The minimum atomic E-state index is 0.375. The Bertz CT molecular complexity index is 822. The highest BCUT2D eigenvalue weighted by atomic mass is 35.5. The van der Waals surface area contributed by atoms with Crippen molar-refractivity contribution in [2.24, 2.45) is 0 Å². The molecule has 0 fully saturated rings. The highest BCUT2D eigenvalue weighted by Crippen LogP contribution is 2.36. The summed E-state index contributed by atoms with van der Waals surface area (Å²) in [6.07, 6.45) is 2.16. The highest BCUT2D eigenvalue weighted by Gasteiger charge is 2.25. The molecular weight excluding hydrogens is 304 g/mol. The zero-order valence-corrected chi connectivity index (χ0v) is 14.0. The van der Waals surface area contributed by atoms with Crippen molar-refractivity contribution >= 4 is 22.5 Å². The number of aromatic amines is 1. The van der Waals surface area contributed by atoms with Crippen molar-refractivity contribution in [2.45, 2.75) is 31.7 Å². The number of nitrogens with one attached hydrogen (secondary N) is 2. The van der Waals surface area contributed by atoms with E-state index >= 15 is 0 Å². The van der Waals surface area contributed by atoms with Gasteiger partial charge in [-0.15, -0.1) is 0 Å². The number of aromatic nitrogens is 1. The molecule has 2 nitrogen and oxygen atoms in total. The summed E-state index contributed by atoms with van der Waals surface area (Å²) in [6.45, 7) is 3.34. The van der Waals surface area contributed by atoms with Crippen molar-refractivity contribution < 1.29 is 0 Å². The van der Waals surface area contributed by atoms with Crippen molar-refractivity contribution in [3.8, 4) is 0 Å². The third-order valence-corrected chi connectivity index (χ3v) is 5.21. The summed E-state index contributed by atoms with van der Waals surface area (Å²) < 4.78 is 0. The van der Waals surface area contributed by atoms with E-state index in [1.807, 2.05) is 6.07 Å². The SMILES string of the molecule is CC(CC1NCCc2c1[nH]c1ccc(Cl)cc21)c1ccccc1. The lowest BCUT2D eigenvalue weighted by Crippen LogP contribution is -2.30. The van der Waals surface area contributed by atoms with Crippen molar-refractivity contribution in [1.82, 2.24) is 10.3 Å². The number of benzene rings is 2. The molecule has 118 valence electrons. The minimum Gasteiger partial charge on any atom is -0.357 e. The molecule has 1 aliphatic rings. The quantitative estimate of drug-likeness (QED) is 0.680. The van der Waals surface area contributed by atoms with E-state index in [9.17, 15) is 0 Å². The van der Waals surface area contributed by atoms with Crippen LogP contribution in [0.3, 0.4) is 0 Å². The number of hydrogen-bond acceptors (Lipinski definition) is 1. The monoisotopic (exact) mass is 324 g/mol. The van der Waals surface area contributed by atoms with Crippen LogP contribution in [0, 0.1) is 0 Å². The first-order chi connectivity index (χ1) is 11.2. The summed E-state index contributed by atoms with van der Waals surface area (Å²) in [7, 11) is 0. The molecule has 0 saturated heterocycles. The maximum absolute atomic E-state index is 6.19. The minimum absolute atomic E-state index is 0.375. The van der Waals surface area contributed by atoms with E-state index in [4.69, 9.17) is 11.6 Å². The summed E-state index contributed by atoms with van der Waals surface area (Å²) in [5.74, 6) is 0.523. The summed E-state index contributed by atoms with van der Waals surface area (Å²) in [6, 6.07) is 17.3. The molecule has 2 unspecified atom stereocenters. The molecule has 0 spiro atoms. The Kier molecular flexibility index (Phi) is 3.88. The van der Waals surface area contributed by atoms with Crippen LogP contribution in [0.15, 0.2) is 48.5 Å². The van der Waals surface area contributed by atoms with Crippen LogP contribution in [-0.4, -0.2) is 11.5 Å². The van der Waals surface area contributed by atoms with Crippen LogP contribution in [0.5, 0.6) is 0 Å². The maximum atomic E-state index is 6.19. The van der Waals surface area contributed by atoms with E-state index in [-0.39, 0.29) is 0 Å². The Hall–Kier alpha value is -1.77. The molecular formula is C20H21ClN2. The molecule has 1 aromatic heterocycles. The fraction of sp³-hybridized carbons (Fsp3) is 0.300. The Balaban J connectivity index is 1.66. The van der Waals surface area contributed by atoms with Crippen LogP contribution in [-0.2, 0) is 6.42 Å². The Morgan fingerprint density at radius 3 is 2.83 bits per heavy atom. The third-order valence-electron chi connectivity index (χ3n) is 4.97. The number of rotatable bonds is 3. The van der Waals surface area contributed by atoms with E-state index in [2.05, 4.69) is 59.7 Å². The maximum Gasteiger partial charge on any atom is 0.0481 e. The second kappa shape index (κ2) is 6.03. The zero-order valence-electron chi connectivity index (χ0n) is 13.3. The number of halogens is 1. The summed E-state index contributed by atoms with van der Waals surface area (Å²) >= 11 is 6.19. The van der Waals surface area contributed by atoms with Crippen LogP contribution in [0.25, 0.3) is 10.9 Å². The van der Waals surface area contributed by atoms with Gasteiger partial charge < -0.3 is 10.3 Å². The van der Waals surface area contributed by atoms with Gasteiger partial charge in [-0.3, -0.25) is 0 Å². The molecule has 4 rings (SSSR count). The normalized spacial score (nSPS) is 18.8. The molecule has 3 heteroatoms. The van der Waals surface area contributed by atoms with Crippen molar-refractivity contribution in [1.29, 1.82) is 0 Å². The lowest BCUT2D eigenvalue weighted by Gasteiger charge is -2.27. The molecule has 1 aliphatic heterocycles. The van der Waals surface area contributed by atoms with Crippen LogP contribution in [0.2, 0.25) is 5.02 Å². The molecule has 23 heavy (non-hydrogen) atoms. The molecule has 2 heterocycles. The Morgan fingerprint density at radius 1 is 1.17 bits per heavy atom. The van der Waals surface area contributed by atoms with Gasteiger partial charge in [-0.1, -0.05) is 48.9 Å². The predicted octanol–water partition coefficient (Wildman–Crippen LogP) is 5.20. The fourth-order valence-corrected chi connectivity index (χ4v) is 3.93. The number of fused-ring (bicyclic) bond motifs is 3. The zero-order chi connectivity index (χ0) is 15.8. The third kappa shape index (κ3) is 2.77. The van der Waals surface area contributed by atoms with Crippen LogP contribution >= 0.6 is 11.6 Å². The van der Waals surface area contributed by atoms with Gasteiger partial charge in [0, 0.05) is 27.7 Å². The van der Waals surface area contributed by atoms with Gasteiger partial charge in [0.25, 0.3) is 0 Å². The predicted molar refractivity (Wildman–Crippen MR) is 97.2 cm³/mol. The first kappa shape index (κ1) is 14.8. The molecule has 2 N–H and O–H groups in total. The second-order valence-corrected chi connectivity index (χ2v) is 6.95. The van der Waals surface area contributed by atoms with E-state index < -0.39 is 0 Å².